The zero-order valence-electron chi connectivity index (χ0n) is 17.1. The molecule has 2 aromatic rings. The normalized spacial score (nSPS) is 21.3. The van der Waals surface area contributed by atoms with Gasteiger partial charge in [-0.15, -0.1) is 0 Å². The summed E-state index contributed by atoms with van der Waals surface area (Å²) in [5.41, 5.74) is 0.668. The molecule has 0 spiro atoms. The maximum atomic E-state index is 12.8. The molecular formula is C22H24N2O6S. The first-order valence-electron chi connectivity index (χ1n) is 10.1. The van der Waals surface area contributed by atoms with E-state index >= 15 is 0 Å². The van der Waals surface area contributed by atoms with E-state index in [0.717, 1.165) is 23.3 Å². The molecular weight excluding hydrogens is 420 g/mol. The summed E-state index contributed by atoms with van der Waals surface area (Å²) in [5, 5.41) is 11.2. The highest BCUT2D eigenvalue weighted by Crippen LogP contribution is 2.37. The van der Waals surface area contributed by atoms with Gasteiger partial charge in [0, 0.05) is 19.4 Å². The highest BCUT2D eigenvalue weighted by Gasteiger charge is 2.36. The fourth-order valence-corrected chi connectivity index (χ4v) is 5.27. The molecule has 0 aromatic heterocycles. The minimum absolute atomic E-state index is 0.00953. The molecule has 0 bridgehead atoms. The fourth-order valence-electron chi connectivity index (χ4n) is 4.18. The average molecular weight is 445 g/mol. The zero-order valence-corrected chi connectivity index (χ0v) is 17.9. The second-order valence-electron chi connectivity index (χ2n) is 7.85. The molecule has 1 aliphatic heterocycles. The summed E-state index contributed by atoms with van der Waals surface area (Å²) in [4.78, 5) is 24.8. The number of hydrogen-bond acceptors (Lipinski definition) is 6. The van der Waals surface area contributed by atoms with E-state index in [9.17, 15) is 23.1 Å². The Morgan fingerprint density at radius 3 is 2.39 bits per heavy atom. The maximum Gasteiger partial charge on any atom is 0.240 e. The van der Waals surface area contributed by atoms with Crippen molar-refractivity contribution in [3.63, 3.8) is 0 Å². The van der Waals surface area contributed by atoms with Crippen molar-refractivity contribution in [3.05, 3.63) is 53.6 Å². The Kier molecular flexibility index (Phi) is 5.59. The van der Waals surface area contributed by atoms with E-state index in [1.54, 1.807) is 19.2 Å². The number of hydrogen-bond donors (Lipinski definition) is 2. The number of aryl methyl sites for hydroxylation is 1. The second-order valence-corrected chi connectivity index (χ2v) is 9.62. The molecule has 0 saturated carbocycles. The third kappa shape index (κ3) is 4.08. The molecule has 2 aliphatic rings. The highest BCUT2D eigenvalue weighted by atomic mass is 32.2. The van der Waals surface area contributed by atoms with Crippen LogP contribution in [0.25, 0.3) is 0 Å². The van der Waals surface area contributed by atoms with Crippen LogP contribution in [0.2, 0.25) is 0 Å². The number of imide groups is 1. The lowest BCUT2D eigenvalue weighted by atomic mass is 9.79. The monoisotopic (exact) mass is 444 g/mol. The van der Waals surface area contributed by atoms with Crippen molar-refractivity contribution >= 4 is 27.5 Å². The van der Waals surface area contributed by atoms with Gasteiger partial charge in [0.1, 0.15) is 11.4 Å². The molecule has 1 aliphatic carbocycles. The minimum atomic E-state index is -3.90. The van der Waals surface area contributed by atoms with Crippen LogP contribution in [0.15, 0.2) is 47.4 Å². The Labute approximate surface area is 180 Å². The van der Waals surface area contributed by atoms with Crippen LogP contribution in [0.4, 0.5) is 5.69 Å². The van der Waals surface area contributed by atoms with Crippen molar-refractivity contribution in [2.75, 3.05) is 18.6 Å². The molecule has 164 valence electrons. The molecule has 8 nitrogen and oxygen atoms in total. The van der Waals surface area contributed by atoms with Crippen LogP contribution >= 0.6 is 0 Å². The summed E-state index contributed by atoms with van der Waals surface area (Å²) in [7, 11) is -2.33. The number of methoxy groups -OCH3 is 1. The van der Waals surface area contributed by atoms with Gasteiger partial charge in [0.25, 0.3) is 0 Å². The second kappa shape index (κ2) is 8.07. The molecule has 0 unspecified atom stereocenters. The van der Waals surface area contributed by atoms with E-state index in [-0.39, 0.29) is 36.1 Å². The standard InChI is InChI=1S/C22H24N2O6S/c1-30-17-6-9-19-15(13-17)3-2-12-22(19,27)14-23-31(28,29)18-7-4-16(5-8-18)24-20(25)10-11-21(24)26/h4-9,13,23,27H,2-3,10-12,14H2,1H3/t22-/m0/s1. The van der Waals surface area contributed by atoms with Crippen LogP contribution in [-0.4, -0.2) is 39.0 Å². The quantitative estimate of drug-likeness (QED) is 0.658. The van der Waals surface area contributed by atoms with Gasteiger partial charge in [-0.2, -0.15) is 0 Å². The van der Waals surface area contributed by atoms with E-state index < -0.39 is 15.6 Å². The molecule has 1 saturated heterocycles. The van der Waals surface area contributed by atoms with Gasteiger partial charge in [-0.05, 0) is 66.8 Å². The minimum Gasteiger partial charge on any atom is -0.497 e. The van der Waals surface area contributed by atoms with Gasteiger partial charge in [0.2, 0.25) is 21.8 Å². The number of ether oxygens (including phenoxy) is 1. The van der Waals surface area contributed by atoms with Gasteiger partial charge in [-0.3, -0.25) is 14.5 Å². The number of rotatable bonds is 6. The predicted molar refractivity (Wildman–Crippen MR) is 113 cm³/mol. The first kappa shape index (κ1) is 21.5. The summed E-state index contributed by atoms with van der Waals surface area (Å²) >= 11 is 0. The molecule has 1 fully saturated rings. The van der Waals surface area contributed by atoms with Crippen molar-refractivity contribution < 1.29 is 27.9 Å². The van der Waals surface area contributed by atoms with Crippen LogP contribution in [-0.2, 0) is 31.6 Å². The van der Waals surface area contributed by atoms with Gasteiger partial charge >= 0.3 is 0 Å². The van der Waals surface area contributed by atoms with Crippen molar-refractivity contribution in [2.24, 2.45) is 0 Å². The van der Waals surface area contributed by atoms with Gasteiger partial charge < -0.3 is 9.84 Å². The molecule has 2 aromatic carbocycles. The van der Waals surface area contributed by atoms with Gasteiger partial charge in [-0.1, -0.05) is 6.07 Å². The Hall–Kier alpha value is -2.75. The largest absolute Gasteiger partial charge is 0.497 e. The number of carbonyl (C=O) groups excluding carboxylic acids is 2. The van der Waals surface area contributed by atoms with Crippen LogP contribution in [0.1, 0.15) is 36.8 Å². The van der Waals surface area contributed by atoms with Gasteiger partial charge in [0.05, 0.1) is 17.7 Å². The van der Waals surface area contributed by atoms with Crippen molar-refractivity contribution in [2.45, 2.75) is 42.6 Å². The first-order valence-corrected chi connectivity index (χ1v) is 11.6. The number of fused-ring (bicyclic) bond motifs is 1. The van der Waals surface area contributed by atoms with Gasteiger partial charge in [0.15, 0.2) is 0 Å². The van der Waals surface area contributed by atoms with E-state index in [1.807, 2.05) is 6.07 Å². The molecule has 31 heavy (non-hydrogen) atoms. The lowest BCUT2D eigenvalue weighted by Gasteiger charge is -2.34. The molecule has 4 rings (SSSR count). The van der Waals surface area contributed by atoms with Crippen LogP contribution in [0.5, 0.6) is 5.75 Å². The third-order valence-corrected chi connectivity index (χ3v) is 7.28. The number of amides is 2. The van der Waals surface area contributed by atoms with Crippen molar-refractivity contribution in [1.82, 2.24) is 4.72 Å². The summed E-state index contributed by atoms with van der Waals surface area (Å²) in [6.45, 7) is -0.167. The summed E-state index contributed by atoms with van der Waals surface area (Å²) < 4.78 is 33.3. The van der Waals surface area contributed by atoms with Crippen molar-refractivity contribution in [3.8, 4) is 5.75 Å². The van der Waals surface area contributed by atoms with E-state index in [1.165, 1.54) is 24.3 Å². The lowest BCUT2D eigenvalue weighted by Crippen LogP contribution is -2.43. The average Bonchev–Trinajstić information content (AvgIpc) is 3.10. The Balaban J connectivity index is 1.51. The SMILES string of the molecule is COc1ccc2c(c1)CCC[C@]2(O)CNS(=O)(=O)c1ccc(N2C(=O)CCC2=O)cc1. The number of benzene rings is 2. The first-order chi connectivity index (χ1) is 14.7. The number of aliphatic hydroxyl groups is 1. The molecule has 2 N–H and O–H groups in total. The Morgan fingerprint density at radius 1 is 1.06 bits per heavy atom. The number of carbonyl (C=O) groups is 2. The summed E-state index contributed by atoms with van der Waals surface area (Å²) in [6, 6.07) is 11.0. The van der Waals surface area contributed by atoms with E-state index in [2.05, 4.69) is 4.72 Å². The molecule has 2 amide bonds. The third-order valence-electron chi connectivity index (χ3n) is 5.86. The van der Waals surface area contributed by atoms with Crippen LogP contribution in [0, 0.1) is 0 Å². The molecule has 1 heterocycles. The van der Waals surface area contributed by atoms with Gasteiger partial charge in [-0.25, -0.2) is 13.1 Å². The van der Waals surface area contributed by atoms with E-state index in [4.69, 9.17) is 4.74 Å². The molecule has 0 radical (unpaired) electrons. The van der Waals surface area contributed by atoms with E-state index in [0.29, 0.717) is 23.4 Å². The fraction of sp³-hybridized carbons (Fsp3) is 0.364. The highest BCUT2D eigenvalue weighted by molar-refractivity contribution is 7.89. The Morgan fingerprint density at radius 2 is 1.74 bits per heavy atom. The van der Waals surface area contributed by atoms with Crippen molar-refractivity contribution in [1.29, 1.82) is 0 Å². The number of nitrogens with zero attached hydrogens (tertiary/aromatic N) is 1. The number of sulfonamides is 1. The Bertz CT molecular complexity index is 1110. The number of nitrogens with one attached hydrogen (secondary N) is 1. The number of anilines is 1. The maximum absolute atomic E-state index is 12.8. The summed E-state index contributed by atoms with van der Waals surface area (Å²) in [5.74, 6) is 0.0979. The summed E-state index contributed by atoms with van der Waals surface area (Å²) in [6.07, 6.45) is 2.27. The molecule has 1 atom stereocenters. The predicted octanol–water partition coefficient (Wildman–Crippen LogP) is 1.85. The smallest absolute Gasteiger partial charge is 0.240 e. The lowest BCUT2D eigenvalue weighted by molar-refractivity contribution is -0.121. The topological polar surface area (TPSA) is 113 Å². The van der Waals surface area contributed by atoms with Crippen LogP contribution in [0.3, 0.4) is 0 Å². The van der Waals surface area contributed by atoms with Crippen LogP contribution < -0.4 is 14.4 Å². The zero-order chi connectivity index (χ0) is 22.2. The molecule has 9 heteroatoms.